The van der Waals surface area contributed by atoms with Gasteiger partial charge in [-0.25, -0.2) is 0 Å². The second-order valence-electron chi connectivity index (χ2n) is 16.3. The van der Waals surface area contributed by atoms with E-state index < -0.39 is 0 Å². The van der Waals surface area contributed by atoms with E-state index in [1.165, 1.54) is 40.7 Å². The Bertz CT molecular complexity index is 2010. The molecule has 0 aromatic heterocycles. The second kappa shape index (κ2) is 27.4. The molecule has 0 radical (unpaired) electrons. The molecule has 0 amide bonds. The zero-order chi connectivity index (χ0) is 43.1. The van der Waals surface area contributed by atoms with Gasteiger partial charge in [0.15, 0.2) is 0 Å². The third kappa shape index (κ3) is 18.3. The van der Waals surface area contributed by atoms with Gasteiger partial charge in [0.25, 0.3) is 0 Å². The van der Waals surface area contributed by atoms with Crippen LogP contribution in [0.4, 0.5) is 0 Å². The van der Waals surface area contributed by atoms with Crippen molar-refractivity contribution >= 4 is 22.6 Å². The van der Waals surface area contributed by atoms with Crippen molar-refractivity contribution < 1.29 is 40.2 Å². The van der Waals surface area contributed by atoms with Crippen molar-refractivity contribution in [1.29, 1.82) is 0 Å². The van der Waals surface area contributed by atoms with Crippen LogP contribution in [0.1, 0.15) is 83.8 Å². The number of hydrogen-bond acceptors (Lipinski definition) is 4. The molecule has 324 valence electrons. The van der Waals surface area contributed by atoms with Crippen LogP contribution in [-0.4, -0.2) is 28.5 Å². The Morgan fingerprint density at radius 2 is 0.902 bits per heavy atom. The van der Waals surface area contributed by atoms with Crippen LogP contribution in [0.25, 0.3) is 0 Å². The molecule has 0 fully saturated rings. The number of benzene rings is 6. The average Bonchev–Trinajstić information content (AvgIpc) is 3.28. The van der Waals surface area contributed by atoms with E-state index in [1.54, 1.807) is 0 Å². The first-order valence-electron chi connectivity index (χ1n) is 21.7. The van der Waals surface area contributed by atoms with Crippen LogP contribution in [0.5, 0.6) is 11.5 Å². The zero-order valence-corrected chi connectivity index (χ0v) is 41.0. The summed E-state index contributed by atoms with van der Waals surface area (Å²) >= 11 is 2.67. The van der Waals surface area contributed by atoms with Crippen LogP contribution < -0.4 is 30.7 Å². The van der Waals surface area contributed by atoms with Crippen molar-refractivity contribution in [1.82, 2.24) is 0 Å². The number of alkyl halides is 3. The van der Waals surface area contributed by atoms with Gasteiger partial charge in [-0.2, -0.15) is 0 Å². The Morgan fingerprint density at radius 3 is 1.34 bits per heavy atom. The van der Waals surface area contributed by atoms with Gasteiger partial charge in [-0.15, -0.1) is 0 Å². The topological polar surface area (TPSA) is 36.9 Å². The molecule has 0 aliphatic carbocycles. The molecule has 0 aliphatic heterocycles. The maximum absolute atomic E-state index is 6.28. The summed E-state index contributed by atoms with van der Waals surface area (Å²) in [7, 11) is 0. The minimum absolute atomic E-state index is 0.170. The monoisotopic (exact) mass is 1040 g/mol. The molecule has 0 N–H and O–H groups in total. The van der Waals surface area contributed by atoms with E-state index in [0.717, 1.165) is 40.2 Å². The summed E-state index contributed by atoms with van der Waals surface area (Å²) in [6.07, 6.45) is 4.15. The van der Waals surface area contributed by atoms with Crippen molar-refractivity contribution in [2.45, 2.75) is 88.8 Å². The number of hydrogen-bond donors (Lipinski definition) is 0. The summed E-state index contributed by atoms with van der Waals surface area (Å²) in [5.41, 5.74) is 7.68. The van der Waals surface area contributed by atoms with Gasteiger partial charge in [0.05, 0.1) is 6.61 Å². The Kier molecular flexibility index (Phi) is 21.7. The third-order valence-electron chi connectivity index (χ3n) is 10.3. The summed E-state index contributed by atoms with van der Waals surface area (Å²) in [6, 6.07) is 58.8. The first-order chi connectivity index (χ1) is 29.8. The quantitative estimate of drug-likeness (QED) is 0.0364. The molecule has 6 heteroatoms. The number of ether oxygens (including phenoxy) is 4. The van der Waals surface area contributed by atoms with Gasteiger partial charge in [-0.1, -0.05) is 115 Å². The molecule has 6 rings (SSSR count). The summed E-state index contributed by atoms with van der Waals surface area (Å²) < 4.78 is 26.8. The molecule has 0 aliphatic rings. The minimum atomic E-state index is -0.330. The summed E-state index contributed by atoms with van der Waals surface area (Å²) in [5.74, 6) is 3.75. The normalized spacial score (nSPS) is 13.2. The molecular formula is C55H65I2O4-. The van der Waals surface area contributed by atoms with Crippen LogP contribution in [-0.2, 0) is 35.3 Å². The first kappa shape index (κ1) is 48.3. The van der Waals surface area contributed by atoms with Gasteiger partial charge >= 0.3 is 186 Å². The van der Waals surface area contributed by atoms with Gasteiger partial charge in [0, 0.05) is 10.8 Å². The standard InChI is InChI=1S/C28H33IO2.C27H32IO2/c1-22(2)19-26(21-29)25-13-15-27(16-14-25)31-28(20-24-11-7-4-8-12-24)30-18-17-23-9-5-3-6-10-23;1-21(2)18-26(28-3)24-14-16-25(17-15-24)30-27(19-22-10-6-4-7-11-22)29-20-23-12-8-5-9-13-23/h3-16,22,26,28H,17-21H2,1-2H3;4-17,21,26-27H,18-20H2,1-3H3/q;-1. The molecule has 0 saturated heterocycles. The van der Waals surface area contributed by atoms with E-state index >= 15 is 0 Å². The predicted molar refractivity (Wildman–Crippen MR) is 259 cm³/mol. The van der Waals surface area contributed by atoms with E-state index in [4.69, 9.17) is 18.9 Å². The molecule has 4 nitrogen and oxygen atoms in total. The fourth-order valence-electron chi connectivity index (χ4n) is 7.10. The molecule has 0 heterocycles. The van der Waals surface area contributed by atoms with Gasteiger partial charge < -0.3 is 9.47 Å². The van der Waals surface area contributed by atoms with E-state index in [9.17, 15) is 0 Å². The molecule has 0 spiro atoms. The summed E-state index contributed by atoms with van der Waals surface area (Å²) in [6.45, 7) is 10.4. The van der Waals surface area contributed by atoms with Crippen LogP contribution in [0.2, 0.25) is 0 Å². The zero-order valence-electron chi connectivity index (χ0n) is 36.7. The van der Waals surface area contributed by atoms with Gasteiger partial charge in [-0.3, -0.25) is 0 Å². The van der Waals surface area contributed by atoms with Crippen molar-refractivity contribution in [3.05, 3.63) is 203 Å². The molecule has 0 bridgehead atoms. The molecule has 4 atom stereocenters. The van der Waals surface area contributed by atoms with Crippen LogP contribution in [0, 0.1) is 11.8 Å². The fourth-order valence-corrected chi connectivity index (χ4v) is 10.6. The Labute approximate surface area is 391 Å². The van der Waals surface area contributed by atoms with Crippen molar-refractivity contribution in [3.8, 4) is 11.5 Å². The SMILES string of the molecule is CC(C)CC(CI)c1ccc(OC(Cc2ccccc2)OCCc2ccccc2)cc1.C[I-]C(CC(C)C)c1ccc(OC(Cc2ccccc2)OCc2ccccc2)cc1. The van der Waals surface area contributed by atoms with E-state index in [-0.39, 0.29) is 33.8 Å². The van der Waals surface area contributed by atoms with E-state index in [1.807, 2.05) is 36.4 Å². The summed E-state index contributed by atoms with van der Waals surface area (Å²) in [4.78, 5) is 2.38. The summed E-state index contributed by atoms with van der Waals surface area (Å²) in [5, 5.41) is 0. The molecular weight excluding hydrogens is 978 g/mol. The van der Waals surface area contributed by atoms with Crippen molar-refractivity contribution in [3.63, 3.8) is 0 Å². The predicted octanol–water partition coefficient (Wildman–Crippen LogP) is 11.1. The molecule has 6 aromatic rings. The second-order valence-corrected chi connectivity index (χ2v) is 19.9. The van der Waals surface area contributed by atoms with Gasteiger partial charge in [0.1, 0.15) is 5.75 Å². The van der Waals surface area contributed by atoms with Crippen molar-refractivity contribution in [2.24, 2.45) is 11.8 Å². The average molecular weight is 1040 g/mol. The van der Waals surface area contributed by atoms with Gasteiger partial charge in [0.2, 0.25) is 6.29 Å². The van der Waals surface area contributed by atoms with Crippen molar-refractivity contribution in [2.75, 3.05) is 16.0 Å². The number of halogens is 2. The van der Waals surface area contributed by atoms with Crippen LogP contribution >= 0.6 is 22.6 Å². The first-order valence-corrected chi connectivity index (χ1v) is 26.7. The molecule has 0 saturated carbocycles. The molecule has 4 unspecified atom stereocenters. The Balaban J connectivity index is 0.000000231. The van der Waals surface area contributed by atoms with Crippen LogP contribution in [0.3, 0.4) is 0 Å². The van der Waals surface area contributed by atoms with E-state index in [0.29, 0.717) is 35.4 Å². The Hall–Kier alpha value is -3.70. The maximum atomic E-state index is 6.28. The number of rotatable bonds is 23. The Morgan fingerprint density at radius 1 is 0.475 bits per heavy atom. The van der Waals surface area contributed by atoms with Crippen LogP contribution in [0.15, 0.2) is 170 Å². The van der Waals surface area contributed by atoms with Gasteiger partial charge in [-0.05, 0) is 53.5 Å². The van der Waals surface area contributed by atoms with E-state index in [2.05, 4.69) is 189 Å². The molecule has 6 aromatic carbocycles. The fraction of sp³-hybridized carbons (Fsp3) is 0.345. The third-order valence-corrected chi connectivity index (χ3v) is 14.1. The molecule has 61 heavy (non-hydrogen) atoms.